The van der Waals surface area contributed by atoms with Crippen molar-refractivity contribution >= 4 is 23.5 Å². The molecule has 0 aliphatic carbocycles. The van der Waals surface area contributed by atoms with Crippen LogP contribution in [0.5, 0.6) is 17.2 Å². The van der Waals surface area contributed by atoms with Gasteiger partial charge in [-0.15, -0.1) is 0 Å². The van der Waals surface area contributed by atoms with E-state index in [1.165, 1.54) is 7.11 Å². The van der Waals surface area contributed by atoms with Crippen molar-refractivity contribution in [3.05, 3.63) is 89.2 Å². The Balaban J connectivity index is 1.51. The van der Waals surface area contributed by atoms with Gasteiger partial charge in [0, 0.05) is 24.8 Å². The van der Waals surface area contributed by atoms with E-state index in [4.69, 9.17) is 14.2 Å². The Morgan fingerprint density at radius 3 is 2.42 bits per heavy atom. The number of fused-ring (bicyclic) bond motifs is 1. The summed E-state index contributed by atoms with van der Waals surface area (Å²) < 4.78 is 16.5. The van der Waals surface area contributed by atoms with Crippen LogP contribution in [-0.4, -0.2) is 32.0 Å². The molecule has 0 saturated carbocycles. The molecule has 0 spiro atoms. The second-order valence-electron chi connectivity index (χ2n) is 7.45. The number of anilines is 1. The molecule has 3 aromatic carbocycles. The number of rotatable bonds is 7. The van der Waals surface area contributed by atoms with E-state index in [1.807, 2.05) is 24.3 Å². The molecule has 0 radical (unpaired) electrons. The molecule has 0 fully saturated rings. The Kier molecular flexibility index (Phi) is 6.45. The van der Waals surface area contributed by atoms with Crippen molar-refractivity contribution < 1.29 is 23.8 Å². The normalized spacial score (nSPS) is 13.4. The van der Waals surface area contributed by atoms with Crippen molar-refractivity contribution in [1.29, 1.82) is 0 Å². The fourth-order valence-corrected chi connectivity index (χ4v) is 3.73. The van der Waals surface area contributed by atoms with Gasteiger partial charge in [-0.05, 0) is 61.9 Å². The monoisotopic (exact) mass is 443 g/mol. The second-order valence-corrected chi connectivity index (χ2v) is 7.45. The van der Waals surface area contributed by atoms with Crippen LogP contribution in [0.15, 0.2) is 72.5 Å². The van der Waals surface area contributed by atoms with E-state index in [2.05, 4.69) is 18.7 Å². The van der Waals surface area contributed by atoms with Crippen molar-refractivity contribution in [1.82, 2.24) is 0 Å². The zero-order valence-corrected chi connectivity index (χ0v) is 18.8. The summed E-state index contributed by atoms with van der Waals surface area (Å²) >= 11 is 0. The lowest BCUT2D eigenvalue weighted by molar-refractivity contribution is 0.0731. The van der Waals surface area contributed by atoms with Gasteiger partial charge in [0.05, 0.1) is 12.7 Å². The maximum absolute atomic E-state index is 12.8. The van der Waals surface area contributed by atoms with Crippen LogP contribution >= 0.6 is 0 Å². The SMILES string of the molecule is CCN(CC)c1ccc(/C=C2\Oc3cc(OC(=O)c4ccccc4OC)ccc3C2=O)cc1. The van der Waals surface area contributed by atoms with Crippen LogP contribution in [0.3, 0.4) is 0 Å². The summed E-state index contributed by atoms with van der Waals surface area (Å²) in [6, 6.07) is 19.5. The number of Topliss-reactive ketones (excluding diaryl/α,β-unsaturated/α-hetero) is 1. The standard InChI is InChI=1S/C27H25NO5/c1-4-28(5-2)19-12-10-18(11-13-19)16-25-26(29)21-15-14-20(17-24(21)33-25)32-27(30)22-8-6-7-9-23(22)31-3/h6-17H,4-5H2,1-3H3/b25-16-. The number of benzene rings is 3. The van der Waals surface area contributed by atoms with Gasteiger partial charge in [0.2, 0.25) is 5.78 Å². The molecule has 6 heteroatoms. The molecule has 0 N–H and O–H groups in total. The third-order valence-corrected chi connectivity index (χ3v) is 5.50. The van der Waals surface area contributed by atoms with Gasteiger partial charge in [-0.25, -0.2) is 4.79 Å². The molecule has 0 bridgehead atoms. The van der Waals surface area contributed by atoms with Crippen molar-refractivity contribution in [3.63, 3.8) is 0 Å². The molecule has 6 nitrogen and oxygen atoms in total. The summed E-state index contributed by atoms with van der Waals surface area (Å²) in [5.41, 5.74) is 2.74. The van der Waals surface area contributed by atoms with Gasteiger partial charge in [-0.1, -0.05) is 24.3 Å². The lowest BCUT2D eigenvalue weighted by Crippen LogP contribution is -2.21. The highest BCUT2D eigenvalue weighted by molar-refractivity contribution is 6.14. The van der Waals surface area contributed by atoms with Gasteiger partial charge in [0.15, 0.2) is 5.76 Å². The van der Waals surface area contributed by atoms with Gasteiger partial charge in [-0.3, -0.25) is 4.79 Å². The molecular weight excluding hydrogens is 418 g/mol. The summed E-state index contributed by atoms with van der Waals surface area (Å²) in [6.45, 7) is 6.09. The van der Waals surface area contributed by atoms with Crippen LogP contribution in [0, 0.1) is 0 Å². The number of methoxy groups -OCH3 is 1. The quantitative estimate of drug-likeness (QED) is 0.278. The first-order valence-corrected chi connectivity index (χ1v) is 10.8. The molecule has 168 valence electrons. The number of ketones is 1. The van der Waals surface area contributed by atoms with E-state index >= 15 is 0 Å². The molecular formula is C27H25NO5. The van der Waals surface area contributed by atoms with Gasteiger partial charge < -0.3 is 19.1 Å². The van der Waals surface area contributed by atoms with E-state index < -0.39 is 5.97 Å². The summed E-state index contributed by atoms with van der Waals surface area (Å²) in [6.07, 6.45) is 1.72. The Morgan fingerprint density at radius 2 is 1.73 bits per heavy atom. The molecule has 0 aromatic heterocycles. The largest absolute Gasteiger partial charge is 0.496 e. The fourth-order valence-electron chi connectivity index (χ4n) is 3.73. The minimum atomic E-state index is -0.555. The number of allylic oxidation sites excluding steroid dienone is 1. The molecule has 1 aliphatic rings. The van der Waals surface area contributed by atoms with Crippen molar-refractivity contribution in [3.8, 4) is 17.2 Å². The number of nitrogens with zero attached hydrogens (tertiary/aromatic N) is 1. The molecule has 0 amide bonds. The average Bonchev–Trinajstić information content (AvgIpc) is 3.15. The van der Waals surface area contributed by atoms with Crippen molar-refractivity contribution in [2.45, 2.75) is 13.8 Å². The van der Waals surface area contributed by atoms with Gasteiger partial charge in [-0.2, -0.15) is 0 Å². The van der Waals surface area contributed by atoms with Gasteiger partial charge in [0.1, 0.15) is 22.8 Å². The van der Waals surface area contributed by atoms with Crippen LogP contribution in [-0.2, 0) is 0 Å². The minimum Gasteiger partial charge on any atom is -0.496 e. The third-order valence-electron chi connectivity index (χ3n) is 5.50. The maximum atomic E-state index is 12.8. The van der Waals surface area contributed by atoms with Crippen LogP contribution < -0.4 is 19.1 Å². The molecule has 1 aliphatic heterocycles. The summed E-state index contributed by atoms with van der Waals surface area (Å²) in [5.74, 6) is 0.529. The minimum absolute atomic E-state index is 0.208. The first kappa shape index (κ1) is 22.1. The highest BCUT2D eigenvalue weighted by atomic mass is 16.5. The summed E-state index contributed by atoms with van der Waals surface area (Å²) in [7, 11) is 1.49. The van der Waals surface area contributed by atoms with E-state index in [9.17, 15) is 9.59 Å². The number of hydrogen-bond acceptors (Lipinski definition) is 6. The smallest absolute Gasteiger partial charge is 0.347 e. The van der Waals surface area contributed by atoms with E-state index in [0.29, 0.717) is 22.6 Å². The fraction of sp³-hybridized carbons (Fsp3) is 0.185. The number of carbonyl (C=O) groups is 2. The summed E-state index contributed by atoms with van der Waals surface area (Å²) in [5, 5.41) is 0. The Hall–Kier alpha value is -4.06. The van der Waals surface area contributed by atoms with E-state index in [-0.39, 0.29) is 17.3 Å². The van der Waals surface area contributed by atoms with Crippen molar-refractivity contribution in [2.24, 2.45) is 0 Å². The molecule has 3 aromatic rings. The van der Waals surface area contributed by atoms with E-state index in [1.54, 1.807) is 48.5 Å². The van der Waals surface area contributed by atoms with Crippen LogP contribution in [0.25, 0.3) is 6.08 Å². The Bertz CT molecular complexity index is 1210. The first-order chi connectivity index (χ1) is 16.0. The Labute approximate surface area is 193 Å². The highest BCUT2D eigenvalue weighted by Gasteiger charge is 2.28. The lowest BCUT2D eigenvalue weighted by atomic mass is 10.1. The lowest BCUT2D eigenvalue weighted by Gasteiger charge is -2.20. The number of para-hydroxylation sites is 1. The van der Waals surface area contributed by atoms with Gasteiger partial charge >= 0.3 is 5.97 Å². The Morgan fingerprint density at radius 1 is 1.00 bits per heavy atom. The molecule has 1 heterocycles. The predicted molar refractivity (Wildman–Crippen MR) is 127 cm³/mol. The van der Waals surface area contributed by atoms with Crippen molar-refractivity contribution in [2.75, 3.05) is 25.1 Å². The van der Waals surface area contributed by atoms with Crippen LogP contribution in [0.4, 0.5) is 5.69 Å². The predicted octanol–water partition coefficient (Wildman–Crippen LogP) is 5.38. The molecule has 0 atom stereocenters. The number of hydrogen-bond donors (Lipinski definition) is 0. The van der Waals surface area contributed by atoms with Crippen LogP contribution in [0.2, 0.25) is 0 Å². The van der Waals surface area contributed by atoms with Crippen LogP contribution in [0.1, 0.15) is 40.1 Å². The second kappa shape index (κ2) is 9.61. The highest BCUT2D eigenvalue weighted by Crippen LogP contribution is 2.35. The zero-order chi connectivity index (χ0) is 23.4. The van der Waals surface area contributed by atoms with Gasteiger partial charge in [0.25, 0.3) is 0 Å². The zero-order valence-electron chi connectivity index (χ0n) is 18.8. The average molecular weight is 443 g/mol. The molecule has 0 saturated heterocycles. The molecule has 33 heavy (non-hydrogen) atoms. The van der Waals surface area contributed by atoms with E-state index in [0.717, 1.165) is 24.3 Å². The number of esters is 1. The third kappa shape index (κ3) is 4.60. The molecule has 4 rings (SSSR count). The maximum Gasteiger partial charge on any atom is 0.347 e. The topological polar surface area (TPSA) is 65.1 Å². The number of ether oxygens (including phenoxy) is 3. The molecule has 0 unspecified atom stereocenters. The first-order valence-electron chi connectivity index (χ1n) is 10.8. The number of carbonyl (C=O) groups excluding carboxylic acids is 2. The summed E-state index contributed by atoms with van der Waals surface area (Å²) in [4.78, 5) is 27.6.